The van der Waals surface area contributed by atoms with Gasteiger partial charge in [-0.3, -0.25) is 4.79 Å². The first-order valence-electron chi connectivity index (χ1n) is 9.20. The molecule has 27 heavy (non-hydrogen) atoms. The number of rotatable bonds is 7. The van der Waals surface area contributed by atoms with Gasteiger partial charge in [-0.1, -0.05) is 19.0 Å². The van der Waals surface area contributed by atoms with Gasteiger partial charge in [0.05, 0.1) is 24.8 Å². The van der Waals surface area contributed by atoms with Crippen molar-refractivity contribution in [2.75, 3.05) is 31.1 Å². The molecule has 146 valence electrons. The van der Waals surface area contributed by atoms with Gasteiger partial charge in [-0.15, -0.1) is 0 Å². The van der Waals surface area contributed by atoms with Gasteiger partial charge < -0.3 is 25.2 Å². The van der Waals surface area contributed by atoms with Crippen molar-refractivity contribution in [3.05, 3.63) is 35.6 Å². The van der Waals surface area contributed by atoms with Gasteiger partial charge in [-0.25, -0.2) is 4.98 Å². The second-order valence-electron chi connectivity index (χ2n) is 6.81. The highest BCUT2D eigenvalue weighted by Gasteiger charge is 2.21. The molecular weight excluding hydrogens is 348 g/mol. The van der Waals surface area contributed by atoms with Crippen molar-refractivity contribution in [2.24, 2.45) is 5.73 Å². The lowest BCUT2D eigenvalue weighted by molar-refractivity contribution is 0.0366. The van der Waals surface area contributed by atoms with E-state index in [0.717, 1.165) is 25.3 Å². The van der Waals surface area contributed by atoms with E-state index >= 15 is 0 Å². The molecule has 1 saturated heterocycles. The van der Waals surface area contributed by atoms with Crippen molar-refractivity contribution in [3.8, 4) is 0 Å². The number of amides is 1. The van der Waals surface area contributed by atoms with Crippen LogP contribution in [0.15, 0.2) is 22.9 Å². The fourth-order valence-electron chi connectivity index (χ4n) is 2.83. The minimum Gasteiger partial charge on any atom is -0.374 e. The Labute approximate surface area is 158 Å². The van der Waals surface area contributed by atoms with Crippen LogP contribution in [0.5, 0.6) is 0 Å². The largest absolute Gasteiger partial charge is 0.374 e. The predicted molar refractivity (Wildman–Crippen MR) is 99.4 cm³/mol. The number of nitrogens with two attached hydrogens (primary N) is 1. The minimum atomic E-state index is -0.229. The van der Waals surface area contributed by atoms with Gasteiger partial charge in [0.25, 0.3) is 5.91 Å². The normalized spacial score (nSPS) is 17.3. The summed E-state index contributed by atoms with van der Waals surface area (Å²) in [5.41, 5.74) is 6.09. The van der Waals surface area contributed by atoms with E-state index in [2.05, 4.69) is 25.3 Å². The summed E-state index contributed by atoms with van der Waals surface area (Å²) in [6.45, 7) is 6.93. The van der Waals surface area contributed by atoms with Crippen molar-refractivity contribution in [3.63, 3.8) is 0 Å². The van der Waals surface area contributed by atoms with Crippen LogP contribution in [-0.2, 0) is 11.3 Å². The number of carbonyl (C=O) groups excluding carboxylic acids is 1. The fourth-order valence-corrected chi connectivity index (χ4v) is 2.83. The molecule has 9 nitrogen and oxygen atoms in total. The summed E-state index contributed by atoms with van der Waals surface area (Å²) in [5.74, 6) is 1.77. The smallest absolute Gasteiger partial charge is 0.253 e. The lowest BCUT2D eigenvalue weighted by atomic mass is 10.2. The zero-order valence-electron chi connectivity index (χ0n) is 15.7. The van der Waals surface area contributed by atoms with Gasteiger partial charge in [-0.05, 0) is 25.1 Å². The lowest BCUT2D eigenvalue weighted by Crippen LogP contribution is -2.43. The molecule has 0 saturated carbocycles. The average molecular weight is 374 g/mol. The monoisotopic (exact) mass is 374 g/mol. The molecule has 3 N–H and O–H groups in total. The van der Waals surface area contributed by atoms with E-state index in [4.69, 9.17) is 15.0 Å². The maximum atomic E-state index is 12.3. The maximum absolute atomic E-state index is 12.3. The maximum Gasteiger partial charge on any atom is 0.253 e. The third kappa shape index (κ3) is 5.01. The molecule has 3 heterocycles. The van der Waals surface area contributed by atoms with Crippen molar-refractivity contribution < 1.29 is 14.1 Å². The van der Waals surface area contributed by atoms with Crippen LogP contribution in [0, 0.1) is 0 Å². The number of nitrogens with zero attached hydrogens (tertiary/aromatic N) is 4. The first-order valence-corrected chi connectivity index (χ1v) is 9.20. The van der Waals surface area contributed by atoms with E-state index < -0.39 is 0 Å². The molecule has 0 spiro atoms. The van der Waals surface area contributed by atoms with E-state index in [0.29, 0.717) is 30.4 Å². The summed E-state index contributed by atoms with van der Waals surface area (Å²) >= 11 is 0. The molecular formula is C18H26N6O3. The Morgan fingerprint density at radius 3 is 2.96 bits per heavy atom. The summed E-state index contributed by atoms with van der Waals surface area (Å²) in [7, 11) is 0. The molecule has 1 fully saturated rings. The number of hydrogen-bond donors (Lipinski definition) is 2. The summed E-state index contributed by atoms with van der Waals surface area (Å²) < 4.78 is 10.8. The molecule has 1 aliphatic heterocycles. The molecule has 9 heteroatoms. The molecule has 1 aliphatic rings. The van der Waals surface area contributed by atoms with Crippen molar-refractivity contribution in [1.29, 1.82) is 0 Å². The average Bonchev–Trinajstić information content (AvgIpc) is 3.16. The van der Waals surface area contributed by atoms with Crippen LogP contribution < -0.4 is 16.0 Å². The molecule has 1 amide bonds. The van der Waals surface area contributed by atoms with Crippen LogP contribution in [-0.4, -0.2) is 53.4 Å². The van der Waals surface area contributed by atoms with E-state index in [1.165, 1.54) is 0 Å². The van der Waals surface area contributed by atoms with Gasteiger partial charge in [0, 0.05) is 25.2 Å². The highest BCUT2D eigenvalue weighted by Crippen LogP contribution is 2.17. The third-order valence-corrected chi connectivity index (χ3v) is 4.35. The highest BCUT2D eigenvalue weighted by molar-refractivity contribution is 5.93. The molecule has 0 aliphatic carbocycles. The summed E-state index contributed by atoms with van der Waals surface area (Å²) in [5, 5.41) is 6.64. The summed E-state index contributed by atoms with van der Waals surface area (Å²) in [4.78, 5) is 23.1. The minimum absolute atomic E-state index is 0.124. The molecule has 0 bridgehead atoms. The number of hydrogen-bond acceptors (Lipinski definition) is 8. The molecule has 1 atom stereocenters. The first-order chi connectivity index (χ1) is 13.1. The Morgan fingerprint density at radius 1 is 1.44 bits per heavy atom. The van der Waals surface area contributed by atoms with Crippen LogP contribution in [0.3, 0.4) is 0 Å². The van der Waals surface area contributed by atoms with Gasteiger partial charge in [0.15, 0.2) is 5.82 Å². The van der Waals surface area contributed by atoms with E-state index in [9.17, 15) is 4.79 Å². The zero-order valence-corrected chi connectivity index (χ0v) is 15.7. The topological polar surface area (TPSA) is 119 Å². The molecule has 3 rings (SSSR count). The lowest BCUT2D eigenvalue weighted by Gasteiger charge is -2.33. The molecule has 0 aromatic carbocycles. The number of nitrogens with one attached hydrogen (secondary N) is 1. The van der Waals surface area contributed by atoms with Crippen LogP contribution in [0.4, 0.5) is 5.82 Å². The molecule has 2 aromatic rings. The summed E-state index contributed by atoms with van der Waals surface area (Å²) in [6, 6.07) is 3.62. The number of morpholine rings is 1. The SMILES string of the molecule is CC(C)c1nc(CNC(=O)c2ccc(N3CCO[C@@H](CCN)C3)nc2)no1. The quantitative estimate of drug-likeness (QED) is 0.739. The number of anilines is 1. The Morgan fingerprint density at radius 2 is 2.30 bits per heavy atom. The van der Waals surface area contributed by atoms with E-state index in [1.54, 1.807) is 12.3 Å². The highest BCUT2D eigenvalue weighted by atomic mass is 16.5. The third-order valence-electron chi connectivity index (χ3n) is 4.35. The number of carbonyl (C=O) groups is 1. The first kappa shape index (κ1) is 19.2. The van der Waals surface area contributed by atoms with Crippen LogP contribution in [0.25, 0.3) is 0 Å². The Bertz CT molecular complexity index is 744. The zero-order chi connectivity index (χ0) is 19.2. The molecule has 0 radical (unpaired) electrons. The van der Waals surface area contributed by atoms with Gasteiger partial charge >= 0.3 is 0 Å². The predicted octanol–water partition coefficient (Wildman–Crippen LogP) is 1.07. The standard InChI is InChI=1S/C18H26N6O3/c1-12(2)18-22-15(23-27-18)10-21-17(25)13-3-4-16(20-9-13)24-7-8-26-14(11-24)5-6-19/h3-4,9,12,14H,5-8,10-11,19H2,1-2H3,(H,21,25)/t14-/m0/s1. The van der Waals surface area contributed by atoms with Gasteiger partial charge in [-0.2, -0.15) is 4.98 Å². The summed E-state index contributed by atoms with van der Waals surface area (Å²) in [6.07, 6.45) is 2.53. The molecule has 2 aromatic heterocycles. The Balaban J connectivity index is 1.55. The van der Waals surface area contributed by atoms with Crippen molar-refractivity contribution in [2.45, 2.75) is 38.8 Å². The van der Waals surface area contributed by atoms with E-state index in [-0.39, 0.29) is 24.5 Å². The number of ether oxygens (including phenoxy) is 1. The van der Waals surface area contributed by atoms with E-state index in [1.807, 2.05) is 19.9 Å². The number of pyridine rings is 1. The van der Waals surface area contributed by atoms with Crippen molar-refractivity contribution >= 4 is 11.7 Å². The Hall–Kier alpha value is -2.52. The van der Waals surface area contributed by atoms with Crippen molar-refractivity contribution in [1.82, 2.24) is 20.4 Å². The number of aromatic nitrogens is 3. The van der Waals surface area contributed by atoms with Crippen LogP contribution in [0.1, 0.15) is 48.3 Å². The molecule has 0 unspecified atom stereocenters. The second kappa shape index (κ2) is 8.92. The fraction of sp³-hybridized carbons (Fsp3) is 0.556. The second-order valence-corrected chi connectivity index (χ2v) is 6.81. The van der Waals surface area contributed by atoms with Gasteiger partial charge in [0.2, 0.25) is 5.89 Å². The van der Waals surface area contributed by atoms with Crippen LogP contribution in [0.2, 0.25) is 0 Å². The Kier molecular flexibility index (Phi) is 6.36. The van der Waals surface area contributed by atoms with Crippen LogP contribution >= 0.6 is 0 Å². The van der Waals surface area contributed by atoms with Gasteiger partial charge in [0.1, 0.15) is 5.82 Å².